The Balaban J connectivity index is 2.01. The van der Waals surface area contributed by atoms with Gasteiger partial charge >= 0.3 is 0 Å². The van der Waals surface area contributed by atoms with Crippen molar-refractivity contribution in [3.63, 3.8) is 0 Å². The minimum Gasteiger partial charge on any atom is -0.267 e. The smallest absolute Gasteiger partial charge is 0.267 e. The van der Waals surface area contributed by atoms with E-state index in [4.69, 9.17) is 0 Å². The Kier molecular flexibility index (Phi) is 3.84. The third-order valence-electron chi connectivity index (χ3n) is 2.62. The van der Waals surface area contributed by atoms with Crippen molar-refractivity contribution in [3.8, 4) is 0 Å². The fourth-order valence-electron chi connectivity index (χ4n) is 1.41. The van der Waals surface area contributed by atoms with Gasteiger partial charge in [-0.3, -0.25) is 9.78 Å². The van der Waals surface area contributed by atoms with Gasteiger partial charge in [-0.25, -0.2) is 5.43 Å². The molecule has 0 aliphatic carbocycles. The molecule has 1 N–H and O–H groups in total. The number of hydrazone groups is 1. The first-order chi connectivity index (χ1) is 8.68. The summed E-state index contributed by atoms with van der Waals surface area (Å²) in [5.41, 5.74) is 5.11. The molecule has 1 amide bonds. The van der Waals surface area contributed by atoms with Crippen LogP contribution in [0.5, 0.6) is 0 Å². The Bertz CT molecular complexity index is 575. The molecule has 2 heterocycles. The van der Waals surface area contributed by atoms with E-state index in [0.29, 0.717) is 5.56 Å². The first kappa shape index (κ1) is 12.4. The second kappa shape index (κ2) is 5.55. The molecule has 0 atom stereocenters. The fourth-order valence-corrected chi connectivity index (χ4v) is 2.28. The van der Waals surface area contributed by atoms with Crippen molar-refractivity contribution in [2.45, 2.75) is 13.8 Å². The highest BCUT2D eigenvalue weighted by molar-refractivity contribution is 7.10. The third kappa shape index (κ3) is 2.81. The van der Waals surface area contributed by atoms with Crippen molar-refractivity contribution in [1.82, 2.24) is 10.4 Å². The zero-order valence-corrected chi connectivity index (χ0v) is 11.0. The van der Waals surface area contributed by atoms with Gasteiger partial charge in [0.1, 0.15) is 0 Å². The fraction of sp³-hybridized carbons (Fsp3) is 0.154. The van der Waals surface area contributed by atoms with Crippen LogP contribution in [0.2, 0.25) is 0 Å². The van der Waals surface area contributed by atoms with E-state index < -0.39 is 0 Å². The van der Waals surface area contributed by atoms with E-state index in [2.05, 4.69) is 15.5 Å². The lowest BCUT2D eigenvalue weighted by molar-refractivity contribution is 0.0955. The van der Waals surface area contributed by atoms with Crippen molar-refractivity contribution in [3.05, 3.63) is 51.5 Å². The third-order valence-corrected chi connectivity index (χ3v) is 3.63. The number of pyridine rings is 1. The Labute approximate surface area is 109 Å². The van der Waals surface area contributed by atoms with E-state index in [1.807, 2.05) is 31.4 Å². The second-order valence-corrected chi connectivity index (χ2v) is 4.89. The van der Waals surface area contributed by atoms with E-state index in [1.165, 1.54) is 0 Å². The lowest BCUT2D eigenvalue weighted by atomic mass is 10.2. The van der Waals surface area contributed by atoms with Crippen LogP contribution in [0.25, 0.3) is 0 Å². The lowest BCUT2D eigenvalue weighted by Gasteiger charge is -1.98. The molecule has 0 aliphatic heterocycles. The van der Waals surface area contributed by atoms with Gasteiger partial charge in [-0.15, -0.1) is 11.3 Å². The standard InChI is InChI=1S/C13H13N3OS/c1-9-10(2)18-8-12(9)13(17)16-15-7-11-3-5-14-6-4-11/h3-8H,1-2H3,(H,16,17)/b15-7-. The molecule has 0 aromatic carbocycles. The normalized spacial score (nSPS) is 10.8. The van der Waals surface area contributed by atoms with Gasteiger partial charge in [0.15, 0.2) is 0 Å². The summed E-state index contributed by atoms with van der Waals surface area (Å²) in [7, 11) is 0. The van der Waals surface area contributed by atoms with Gasteiger partial charge in [0, 0.05) is 22.7 Å². The predicted octanol–water partition coefficient (Wildman–Crippen LogP) is 2.52. The van der Waals surface area contributed by atoms with Crippen LogP contribution in [0.3, 0.4) is 0 Å². The van der Waals surface area contributed by atoms with E-state index >= 15 is 0 Å². The number of hydrogen-bond donors (Lipinski definition) is 1. The van der Waals surface area contributed by atoms with Gasteiger partial charge in [0.2, 0.25) is 0 Å². The average Bonchev–Trinajstić information content (AvgIpc) is 2.71. The molecule has 0 fully saturated rings. The summed E-state index contributed by atoms with van der Waals surface area (Å²) in [6.45, 7) is 3.93. The van der Waals surface area contributed by atoms with Crippen molar-refractivity contribution in [1.29, 1.82) is 0 Å². The second-order valence-electron chi connectivity index (χ2n) is 3.81. The number of aryl methyl sites for hydroxylation is 1. The van der Waals surface area contributed by atoms with Crippen LogP contribution in [-0.4, -0.2) is 17.1 Å². The van der Waals surface area contributed by atoms with Crippen molar-refractivity contribution >= 4 is 23.5 Å². The summed E-state index contributed by atoms with van der Waals surface area (Å²) in [5, 5.41) is 5.77. The molecule has 0 unspecified atom stereocenters. The summed E-state index contributed by atoms with van der Waals surface area (Å²) < 4.78 is 0. The van der Waals surface area contributed by atoms with Crippen molar-refractivity contribution < 1.29 is 4.79 Å². The van der Waals surface area contributed by atoms with E-state index in [0.717, 1.165) is 16.0 Å². The molecule has 0 aliphatic rings. The van der Waals surface area contributed by atoms with E-state index in [9.17, 15) is 4.79 Å². The van der Waals surface area contributed by atoms with Crippen LogP contribution in [0.1, 0.15) is 26.4 Å². The van der Waals surface area contributed by atoms with E-state index in [1.54, 1.807) is 29.9 Å². The number of carbonyl (C=O) groups is 1. The number of thiophene rings is 1. The number of rotatable bonds is 3. The van der Waals surface area contributed by atoms with Gasteiger partial charge in [-0.05, 0) is 37.1 Å². The maximum Gasteiger partial charge on any atom is 0.272 e. The highest BCUT2D eigenvalue weighted by Gasteiger charge is 2.11. The van der Waals surface area contributed by atoms with Crippen LogP contribution >= 0.6 is 11.3 Å². The molecule has 0 saturated carbocycles. The zero-order chi connectivity index (χ0) is 13.0. The SMILES string of the molecule is Cc1scc(C(=O)N/N=C\c2ccncc2)c1C. The van der Waals surface area contributed by atoms with Gasteiger partial charge in [0.25, 0.3) is 5.91 Å². The van der Waals surface area contributed by atoms with Crippen LogP contribution in [0.4, 0.5) is 0 Å². The molecule has 2 rings (SSSR count). The monoisotopic (exact) mass is 259 g/mol. The van der Waals surface area contributed by atoms with Crippen LogP contribution in [0.15, 0.2) is 35.0 Å². The molecule has 2 aromatic rings. The topological polar surface area (TPSA) is 54.4 Å². The lowest BCUT2D eigenvalue weighted by Crippen LogP contribution is -2.17. The van der Waals surface area contributed by atoms with Gasteiger partial charge in [0.05, 0.1) is 11.8 Å². The molecular weight excluding hydrogens is 246 g/mol. The molecule has 4 nitrogen and oxygen atoms in total. The Hall–Kier alpha value is -2.01. The first-order valence-corrected chi connectivity index (χ1v) is 6.34. The molecule has 18 heavy (non-hydrogen) atoms. The molecular formula is C13H13N3OS. The van der Waals surface area contributed by atoms with Gasteiger partial charge in [-0.2, -0.15) is 5.10 Å². The predicted molar refractivity (Wildman–Crippen MR) is 73.1 cm³/mol. The summed E-state index contributed by atoms with van der Waals surface area (Å²) in [6, 6.07) is 3.63. The summed E-state index contributed by atoms with van der Waals surface area (Å²) in [4.78, 5) is 16.9. The van der Waals surface area contributed by atoms with E-state index in [-0.39, 0.29) is 5.91 Å². The average molecular weight is 259 g/mol. The molecule has 0 radical (unpaired) electrons. The van der Waals surface area contributed by atoms with Crippen molar-refractivity contribution in [2.24, 2.45) is 5.10 Å². The number of amides is 1. The number of carbonyl (C=O) groups excluding carboxylic acids is 1. The molecule has 0 bridgehead atoms. The Morgan fingerprint density at radius 1 is 1.39 bits per heavy atom. The van der Waals surface area contributed by atoms with Crippen LogP contribution in [0, 0.1) is 13.8 Å². The largest absolute Gasteiger partial charge is 0.272 e. The Morgan fingerprint density at radius 3 is 2.72 bits per heavy atom. The van der Waals surface area contributed by atoms with Crippen LogP contribution in [-0.2, 0) is 0 Å². The molecule has 92 valence electrons. The summed E-state index contributed by atoms with van der Waals surface area (Å²) in [5.74, 6) is -0.179. The van der Waals surface area contributed by atoms with Crippen molar-refractivity contribution in [2.75, 3.05) is 0 Å². The van der Waals surface area contributed by atoms with Gasteiger partial charge in [-0.1, -0.05) is 0 Å². The first-order valence-electron chi connectivity index (χ1n) is 5.46. The number of aromatic nitrogens is 1. The summed E-state index contributed by atoms with van der Waals surface area (Å²) >= 11 is 1.57. The highest BCUT2D eigenvalue weighted by Crippen LogP contribution is 2.20. The molecule has 0 saturated heterocycles. The number of hydrogen-bond acceptors (Lipinski definition) is 4. The maximum absolute atomic E-state index is 11.8. The molecule has 2 aromatic heterocycles. The van der Waals surface area contributed by atoms with Gasteiger partial charge < -0.3 is 0 Å². The maximum atomic E-state index is 11.8. The molecule has 5 heteroatoms. The minimum absolute atomic E-state index is 0.179. The number of nitrogens with one attached hydrogen (secondary N) is 1. The Morgan fingerprint density at radius 2 is 2.11 bits per heavy atom. The molecule has 0 spiro atoms. The van der Waals surface area contributed by atoms with Crippen LogP contribution < -0.4 is 5.43 Å². The quantitative estimate of drug-likeness (QED) is 0.680. The highest BCUT2D eigenvalue weighted by atomic mass is 32.1. The zero-order valence-electron chi connectivity index (χ0n) is 10.2. The minimum atomic E-state index is -0.179. The summed E-state index contributed by atoms with van der Waals surface area (Å²) in [6.07, 6.45) is 4.94. The number of nitrogens with zero attached hydrogens (tertiary/aromatic N) is 2.